The third-order valence-electron chi connectivity index (χ3n) is 3.69. The fourth-order valence-corrected chi connectivity index (χ4v) is 2.68. The molecule has 0 aliphatic carbocycles. The molecule has 1 N–H and O–H groups in total. The van der Waals surface area contributed by atoms with Crippen LogP contribution in [0.25, 0.3) is 0 Å². The highest BCUT2D eigenvalue weighted by molar-refractivity contribution is 5.91. The van der Waals surface area contributed by atoms with Gasteiger partial charge in [-0.3, -0.25) is 4.79 Å². The fraction of sp³-hybridized carbons (Fsp3) is 0.917. The Bertz CT molecular complexity index is 262. The molecule has 0 amide bonds. The van der Waals surface area contributed by atoms with Crippen LogP contribution in [0.4, 0.5) is 0 Å². The first-order chi connectivity index (χ1) is 7.00. The predicted molar refractivity (Wildman–Crippen MR) is 58.8 cm³/mol. The summed E-state index contributed by atoms with van der Waals surface area (Å²) in [4.78, 5) is 12.1. The van der Waals surface area contributed by atoms with Crippen LogP contribution in [-0.4, -0.2) is 30.1 Å². The largest absolute Gasteiger partial charge is 0.367 e. The van der Waals surface area contributed by atoms with Crippen LogP contribution in [0.3, 0.4) is 0 Å². The summed E-state index contributed by atoms with van der Waals surface area (Å²) < 4.78 is 5.56. The molecule has 2 aliphatic heterocycles. The predicted octanol–water partition coefficient (Wildman–Crippen LogP) is 1.51. The van der Waals surface area contributed by atoms with Gasteiger partial charge in [0, 0.05) is 12.1 Å². The molecule has 2 rings (SSSR count). The van der Waals surface area contributed by atoms with E-state index in [0.29, 0.717) is 18.7 Å². The molecule has 3 unspecified atom stereocenters. The van der Waals surface area contributed by atoms with E-state index in [0.717, 1.165) is 6.42 Å². The van der Waals surface area contributed by atoms with Gasteiger partial charge in [-0.05, 0) is 33.6 Å². The highest BCUT2D eigenvalue weighted by Crippen LogP contribution is 2.30. The molecule has 0 spiro atoms. The Kier molecular flexibility index (Phi) is 2.86. The highest BCUT2D eigenvalue weighted by Gasteiger charge is 2.45. The zero-order valence-electron chi connectivity index (χ0n) is 9.88. The first-order valence-electron chi connectivity index (χ1n) is 5.95. The maximum Gasteiger partial charge on any atom is 0.170 e. The van der Waals surface area contributed by atoms with Gasteiger partial charge in [-0.15, -0.1) is 0 Å². The Labute approximate surface area is 91.6 Å². The van der Waals surface area contributed by atoms with E-state index in [9.17, 15) is 4.79 Å². The number of carbonyl (C=O) groups is 1. The standard InChI is InChI=1S/C12H21NO2/c1-8-5-4-6-10(13-8)9-7-15-12(2,3)11(9)14/h8-10,13H,4-7H2,1-3H3. The van der Waals surface area contributed by atoms with Crippen LogP contribution in [0.2, 0.25) is 0 Å². The van der Waals surface area contributed by atoms with Crippen molar-refractivity contribution in [2.24, 2.45) is 5.92 Å². The average Bonchev–Trinajstić information content (AvgIpc) is 2.42. The van der Waals surface area contributed by atoms with Gasteiger partial charge in [-0.25, -0.2) is 0 Å². The minimum absolute atomic E-state index is 0.0720. The normalized spacial score (nSPS) is 40.7. The van der Waals surface area contributed by atoms with Crippen LogP contribution >= 0.6 is 0 Å². The van der Waals surface area contributed by atoms with E-state index in [1.165, 1.54) is 12.8 Å². The molecule has 2 saturated heterocycles. The van der Waals surface area contributed by atoms with Crippen molar-refractivity contribution in [1.82, 2.24) is 5.32 Å². The highest BCUT2D eigenvalue weighted by atomic mass is 16.5. The number of hydrogen-bond donors (Lipinski definition) is 1. The number of nitrogens with one attached hydrogen (secondary N) is 1. The van der Waals surface area contributed by atoms with Crippen molar-refractivity contribution in [3.05, 3.63) is 0 Å². The lowest BCUT2D eigenvalue weighted by Crippen LogP contribution is -2.48. The molecule has 2 aliphatic rings. The van der Waals surface area contributed by atoms with E-state index < -0.39 is 5.60 Å². The van der Waals surface area contributed by atoms with Crippen molar-refractivity contribution >= 4 is 5.78 Å². The monoisotopic (exact) mass is 211 g/mol. The second-order valence-electron chi connectivity index (χ2n) is 5.40. The molecule has 2 fully saturated rings. The van der Waals surface area contributed by atoms with Crippen LogP contribution in [0.15, 0.2) is 0 Å². The summed E-state index contributed by atoms with van der Waals surface area (Å²) in [6.07, 6.45) is 3.56. The van der Waals surface area contributed by atoms with Gasteiger partial charge in [0.2, 0.25) is 0 Å². The maximum atomic E-state index is 12.1. The van der Waals surface area contributed by atoms with Crippen LogP contribution in [-0.2, 0) is 9.53 Å². The van der Waals surface area contributed by atoms with Gasteiger partial charge in [0.25, 0.3) is 0 Å². The Morgan fingerprint density at radius 3 is 2.67 bits per heavy atom. The third-order valence-corrected chi connectivity index (χ3v) is 3.69. The summed E-state index contributed by atoms with van der Waals surface area (Å²) in [5.74, 6) is 0.344. The molecular formula is C12H21NO2. The number of rotatable bonds is 1. The fourth-order valence-electron chi connectivity index (χ4n) is 2.68. The summed E-state index contributed by atoms with van der Waals surface area (Å²) in [6.45, 7) is 6.54. The molecule has 86 valence electrons. The lowest BCUT2D eigenvalue weighted by molar-refractivity contribution is -0.130. The van der Waals surface area contributed by atoms with Gasteiger partial charge in [0.15, 0.2) is 5.78 Å². The summed E-state index contributed by atoms with van der Waals surface area (Å²) in [5, 5.41) is 3.53. The van der Waals surface area contributed by atoms with Crippen molar-refractivity contribution in [2.45, 2.75) is 57.7 Å². The Balaban J connectivity index is 2.03. The first-order valence-corrected chi connectivity index (χ1v) is 5.95. The smallest absolute Gasteiger partial charge is 0.170 e. The van der Waals surface area contributed by atoms with Gasteiger partial charge in [-0.2, -0.15) is 0 Å². The van der Waals surface area contributed by atoms with Crippen LogP contribution in [0.1, 0.15) is 40.0 Å². The zero-order valence-corrected chi connectivity index (χ0v) is 9.88. The molecule has 3 atom stereocenters. The van der Waals surface area contributed by atoms with Crippen LogP contribution < -0.4 is 5.32 Å². The lowest BCUT2D eigenvalue weighted by atomic mass is 9.85. The minimum Gasteiger partial charge on any atom is -0.367 e. The van der Waals surface area contributed by atoms with E-state index in [-0.39, 0.29) is 11.7 Å². The molecule has 0 saturated carbocycles. The lowest BCUT2D eigenvalue weighted by Gasteiger charge is -2.31. The van der Waals surface area contributed by atoms with E-state index in [1.807, 2.05) is 13.8 Å². The second-order valence-corrected chi connectivity index (χ2v) is 5.40. The zero-order chi connectivity index (χ0) is 11.1. The van der Waals surface area contributed by atoms with Gasteiger partial charge in [0.05, 0.1) is 12.5 Å². The van der Waals surface area contributed by atoms with E-state index in [1.54, 1.807) is 0 Å². The number of carbonyl (C=O) groups excluding carboxylic acids is 1. The Morgan fingerprint density at radius 2 is 2.13 bits per heavy atom. The molecule has 15 heavy (non-hydrogen) atoms. The number of Topliss-reactive ketones (excluding diaryl/α,β-unsaturated/α-hetero) is 1. The molecule has 3 heteroatoms. The summed E-state index contributed by atoms with van der Waals surface area (Å²) >= 11 is 0. The van der Waals surface area contributed by atoms with Crippen molar-refractivity contribution in [3.8, 4) is 0 Å². The molecule has 0 aromatic carbocycles. The Hall–Kier alpha value is -0.410. The molecule has 3 nitrogen and oxygen atoms in total. The van der Waals surface area contributed by atoms with Gasteiger partial charge in [0.1, 0.15) is 5.60 Å². The second kappa shape index (κ2) is 3.87. The number of hydrogen-bond acceptors (Lipinski definition) is 3. The first kappa shape index (κ1) is 11.1. The van der Waals surface area contributed by atoms with Crippen molar-refractivity contribution < 1.29 is 9.53 Å². The third kappa shape index (κ3) is 2.08. The summed E-state index contributed by atoms with van der Waals surface area (Å²) in [5.41, 5.74) is -0.562. The van der Waals surface area contributed by atoms with Crippen molar-refractivity contribution in [2.75, 3.05) is 6.61 Å². The maximum absolute atomic E-state index is 12.1. The van der Waals surface area contributed by atoms with Crippen molar-refractivity contribution in [1.29, 1.82) is 0 Å². The van der Waals surface area contributed by atoms with E-state index >= 15 is 0 Å². The summed E-state index contributed by atoms with van der Waals surface area (Å²) in [7, 11) is 0. The van der Waals surface area contributed by atoms with Crippen molar-refractivity contribution in [3.63, 3.8) is 0 Å². The van der Waals surface area contributed by atoms with Gasteiger partial charge in [-0.1, -0.05) is 6.42 Å². The van der Waals surface area contributed by atoms with E-state index in [2.05, 4.69) is 12.2 Å². The van der Waals surface area contributed by atoms with E-state index in [4.69, 9.17) is 4.74 Å². The van der Waals surface area contributed by atoms with Crippen LogP contribution in [0, 0.1) is 5.92 Å². The summed E-state index contributed by atoms with van der Waals surface area (Å²) in [6, 6.07) is 0.878. The molecule has 0 bridgehead atoms. The minimum atomic E-state index is -0.562. The number of piperidine rings is 1. The number of ether oxygens (including phenoxy) is 1. The number of ketones is 1. The SMILES string of the molecule is CC1CCCC(C2COC(C)(C)C2=O)N1. The Morgan fingerprint density at radius 1 is 1.40 bits per heavy atom. The molecular weight excluding hydrogens is 190 g/mol. The van der Waals surface area contributed by atoms with Gasteiger partial charge < -0.3 is 10.1 Å². The molecule has 0 aromatic heterocycles. The molecule has 0 radical (unpaired) electrons. The molecule has 2 heterocycles. The topological polar surface area (TPSA) is 38.3 Å². The average molecular weight is 211 g/mol. The molecule has 0 aromatic rings. The van der Waals surface area contributed by atoms with Crippen LogP contribution in [0.5, 0.6) is 0 Å². The quantitative estimate of drug-likeness (QED) is 0.714. The van der Waals surface area contributed by atoms with Gasteiger partial charge >= 0.3 is 0 Å².